The Balaban J connectivity index is 1.64. The molecule has 1 heterocycles. The summed E-state index contributed by atoms with van der Waals surface area (Å²) >= 11 is 6.10. The molecule has 4 rings (SSSR count). The Morgan fingerprint density at radius 1 is 1.13 bits per heavy atom. The Morgan fingerprint density at radius 2 is 1.87 bits per heavy atom. The first kappa shape index (κ1) is 19.9. The van der Waals surface area contributed by atoms with E-state index in [9.17, 15) is 14.0 Å². The number of carbonyl (C=O) groups excluding carboxylic acids is 2. The van der Waals surface area contributed by atoms with E-state index in [0.717, 1.165) is 5.56 Å². The van der Waals surface area contributed by atoms with E-state index in [4.69, 9.17) is 16.3 Å². The van der Waals surface area contributed by atoms with Gasteiger partial charge in [0.1, 0.15) is 11.6 Å². The molecule has 1 aliphatic heterocycles. The quantitative estimate of drug-likeness (QED) is 0.638. The van der Waals surface area contributed by atoms with Crippen LogP contribution in [-0.2, 0) is 11.3 Å². The van der Waals surface area contributed by atoms with Crippen LogP contribution in [0.3, 0.4) is 0 Å². The van der Waals surface area contributed by atoms with Gasteiger partial charge in [-0.25, -0.2) is 4.39 Å². The third-order valence-corrected chi connectivity index (χ3v) is 5.13. The zero-order chi connectivity index (χ0) is 21.3. The maximum atomic E-state index is 13.2. The van der Waals surface area contributed by atoms with Crippen molar-refractivity contribution >= 4 is 34.8 Å². The molecule has 1 N–H and O–H groups in total. The van der Waals surface area contributed by atoms with Gasteiger partial charge in [0.05, 0.1) is 22.8 Å². The molecule has 5 nitrogen and oxygen atoms in total. The molecule has 0 aliphatic carbocycles. The number of carbonyl (C=O) groups is 2. The average Bonchev–Trinajstić information content (AvgIpc) is 2.73. The van der Waals surface area contributed by atoms with E-state index < -0.39 is 6.10 Å². The number of nitrogens with one attached hydrogen (secondary N) is 1. The average molecular weight is 425 g/mol. The summed E-state index contributed by atoms with van der Waals surface area (Å²) in [4.78, 5) is 26.9. The van der Waals surface area contributed by atoms with Gasteiger partial charge < -0.3 is 15.0 Å². The number of anilines is 2. The highest BCUT2D eigenvalue weighted by molar-refractivity contribution is 6.34. The number of nitrogens with zero attached hydrogens (tertiary/aromatic N) is 1. The monoisotopic (exact) mass is 424 g/mol. The Hall–Kier alpha value is -3.38. The predicted molar refractivity (Wildman–Crippen MR) is 114 cm³/mol. The third kappa shape index (κ3) is 4.00. The van der Waals surface area contributed by atoms with Crippen LogP contribution in [0.4, 0.5) is 15.8 Å². The summed E-state index contributed by atoms with van der Waals surface area (Å²) in [6.45, 7) is 1.93. The molecule has 0 bridgehead atoms. The smallest absolute Gasteiger partial charge is 0.268 e. The molecule has 0 aromatic heterocycles. The predicted octanol–water partition coefficient (Wildman–Crippen LogP) is 5.05. The molecule has 1 aliphatic rings. The standard InChI is InChI=1S/C23H18ClFN2O3/c1-14-23(29)27(13-15-6-8-16(25)9-7-15)20-12-17(10-11-21(20)30-14)26-22(28)18-4-2-3-5-19(18)24/h2-12,14H,13H2,1H3,(H,26,28). The van der Waals surface area contributed by atoms with Crippen LogP contribution >= 0.6 is 11.6 Å². The number of ether oxygens (including phenoxy) is 1. The van der Waals surface area contributed by atoms with Gasteiger partial charge in [-0.1, -0.05) is 35.9 Å². The molecule has 0 spiro atoms. The summed E-state index contributed by atoms with van der Waals surface area (Å²) < 4.78 is 18.9. The van der Waals surface area contributed by atoms with E-state index in [1.54, 1.807) is 66.4 Å². The Labute approximate surface area is 178 Å². The minimum Gasteiger partial charge on any atom is -0.479 e. The van der Waals surface area contributed by atoms with Crippen molar-refractivity contribution in [1.29, 1.82) is 0 Å². The molecule has 1 unspecified atom stereocenters. The summed E-state index contributed by atoms with van der Waals surface area (Å²) in [7, 11) is 0. The summed E-state index contributed by atoms with van der Waals surface area (Å²) in [5, 5.41) is 3.15. The molecular formula is C23H18ClFN2O3. The van der Waals surface area contributed by atoms with Crippen LogP contribution in [0.15, 0.2) is 66.7 Å². The first-order chi connectivity index (χ1) is 14.4. The van der Waals surface area contributed by atoms with Gasteiger partial charge in [-0.05, 0) is 55.0 Å². The molecule has 0 radical (unpaired) electrons. The summed E-state index contributed by atoms with van der Waals surface area (Å²) in [6, 6.07) is 17.8. The highest BCUT2D eigenvalue weighted by Crippen LogP contribution is 2.37. The van der Waals surface area contributed by atoms with Crippen molar-refractivity contribution in [2.75, 3.05) is 10.2 Å². The highest BCUT2D eigenvalue weighted by Gasteiger charge is 2.32. The van der Waals surface area contributed by atoms with Crippen LogP contribution in [0.5, 0.6) is 5.75 Å². The van der Waals surface area contributed by atoms with Gasteiger partial charge in [-0.15, -0.1) is 0 Å². The van der Waals surface area contributed by atoms with E-state index >= 15 is 0 Å². The molecule has 2 amide bonds. The summed E-state index contributed by atoms with van der Waals surface area (Å²) in [6.07, 6.45) is -0.651. The van der Waals surface area contributed by atoms with E-state index in [-0.39, 0.29) is 24.2 Å². The molecule has 7 heteroatoms. The van der Waals surface area contributed by atoms with Crippen molar-refractivity contribution in [3.05, 3.63) is 88.7 Å². The van der Waals surface area contributed by atoms with Gasteiger partial charge in [-0.3, -0.25) is 9.59 Å². The van der Waals surface area contributed by atoms with Crippen molar-refractivity contribution in [3.8, 4) is 5.75 Å². The largest absolute Gasteiger partial charge is 0.479 e. The van der Waals surface area contributed by atoms with Crippen LogP contribution in [0.2, 0.25) is 5.02 Å². The third-order valence-electron chi connectivity index (χ3n) is 4.80. The topological polar surface area (TPSA) is 58.6 Å². The summed E-state index contributed by atoms with van der Waals surface area (Å²) in [5.74, 6) is -0.395. The van der Waals surface area contributed by atoms with Crippen molar-refractivity contribution < 1.29 is 18.7 Å². The van der Waals surface area contributed by atoms with Gasteiger partial charge in [0.2, 0.25) is 0 Å². The molecule has 3 aromatic carbocycles. The van der Waals surface area contributed by atoms with Gasteiger partial charge in [-0.2, -0.15) is 0 Å². The maximum absolute atomic E-state index is 13.2. The fourth-order valence-corrected chi connectivity index (χ4v) is 3.49. The van der Waals surface area contributed by atoms with E-state index in [2.05, 4.69) is 5.32 Å². The molecular weight excluding hydrogens is 407 g/mol. The number of halogens is 2. The van der Waals surface area contributed by atoms with Crippen molar-refractivity contribution in [1.82, 2.24) is 0 Å². The molecule has 0 saturated heterocycles. The van der Waals surface area contributed by atoms with Crippen LogP contribution < -0.4 is 15.0 Å². The zero-order valence-electron chi connectivity index (χ0n) is 16.1. The van der Waals surface area contributed by atoms with E-state index in [1.165, 1.54) is 12.1 Å². The Bertz CT molecular complexity index is 1120. The number of rotatable bonds is 4. The molecule has 1 atom stereocenters. The molecule has 152 valence electrons. The first-order valence-corrected chi connectivity index (χ1v) is 9.72. The summed E-state index contributed by atoms with van der Waals surface area (Å²) in [5.41, 5.74) is 2.14. The normalized spacial score (nSPS) is 15.4. The molecule has 0 saturated carbocycles. The van der Waals surface area contributed by atoms with Crippen LogP contribution in [0, 0.1) is 5.82 Å². The highest BCUT2D eigenvalue weighted by atomic mass is 35.5. The lowest BCUT2D eigenvalue weighted by atomic mass is 10.1. The SMILES string of the molecule is CC1Oc2ccc(NC(=O)c3ccccc3Cl)cc2N(Cc2ccc(F)cc2)C1=O. The molecule has 0 fully saturated rings. The van der Waals surface area contributed by atoms with Gasteiger partial charge in [0, 0.05) is 5.69 Å². The van der Waals surface area contributed by atoms with Crippen molar-refractivity contribution in [3.63, 3.8) is 0 Å². The maximum Gasteiger partial charge on any atom is 0.268 e. The van der Waals surface area contributed by atoms with E-state index in [0.29, 0.717) is 27.7 Å². The second-order valence-corrected chi connectivity index (χ2v) is 7.33. The van der Waals surface area contributed by atoms with Gasteiger partial charge in [0.25, 0.3) is 11.8 Å². The zero-order valence-corrected chi connectivity index (χ0v) is 16.8. The van der Waals surface area contributed by atoms with Gasteiger partial charge in [0.15, 0.2) is 6.10 Å². The number of benzene rings is 3. The Kier molecular flexibility index (Phi) is 5.42. The lowest BCUT2D eigenvalue weighted by Crippen LogP contribution is -2.44. The second kappa shape index (κ2) is 8.16. The minimum atomic E-state index is -0.651. The fourth-order valence-electron chi connectivity index (χ4n) is 3.26. The number of amides is 2. The van der Waals surface area contributed by atoms with Crippen LogP contribution in [0.1, 0.15) is 22.8 Å². The number of hydrogen-bond donors (Lipinski definition) is 1. The van der Waals surface area contributed by atoms with Crippen molar-refractivity contribution in [2.24, 2.45) is 0 Å². The second-order valence-electron chi connectivity index (χ2n) is 6.93. The molecule has 30 heavy (non-hydrogen) atoms. The Morgan fingerprint density at radius 3 is 2.60 bits per heavy atom. The van der Waals surface area contributed by atoms with E-state index in [1.807, 2.05) is 0 Å². The first-order valence-electron chi connectivity index (χ1n) is 9.35. The lowest BCUT2D eigenvalue weighted by Gasteiger charge is -2.33. The van der Waals surface area contributed by atoms with Crippen LogP contribution in [-0.4, -0.2) is 17.9 Å². The number of hydrogen-bond acceptors (Lipinski definition) is 3. The number of fused-ring (bicyclic) bond motifs is 1. The fraction of sp³-hybridized carbons (Fsp3) is 0.130. The van der Waals surface area contributed by atoms with Crippen molar-refractivity contribution in [2.45, 2.75) is 19.6 Å². The van der Waals surface area contributed by atoms with Gasteiger partial charge >= 0.3 is 0 Å². The molecule has 3 aromatic rings. The van der Waals surface area contributed by atoms with Crippen LogP contribution in [0.25, 0.3) is 0 Å². The lowest BCUT2D eigenvalue weighted by molar-refractivity contribution is -0.125. The minimum absolute atomic E-state index is 0.221.